The zero-order chi connectivity index (χ0) is 18.8. The first-order chi connectivity index (χ1) is 12.7. The third-order valence-corrected chi connectivity index (χ3v) is 3.34. The number of nitrogens with one attached hydrogen (secondary N) is 1. The molecule has 0 aliphatic carbocycles. The van der Waals surface area contributed by atoms with Crippen LogP contribution in [0.1, 0.15) is 12.5 Å². The van der Waals surface area contributed by atoms with Crippen molar-refractivity contribution < 1.29 is 23.8 Å². The number of nitrogens with zero attached hydrogens (tertiary/aromatic N) is 1. The Labute approximate surface area is 152 Å². The second kappa shape index (κ2) is 9.93. The number of hydrogen-bond acceptors (Lipinski definition) is 6. The Hall–Kier alpha value is -3.22. The largest absolute Gasteiger partial charge is 0.495 e. The van der Waals surface area contributed by atoms with Gasteiger partial charge in [0, 0.05) is 5.56 Å². The van der Waals surface area contributed by atoms with Crippen LogP contribution in [-0.2, 0) is 9.63 Å². The van der Waals surface area contributed by atoms with Crippen LogP contribution in [0.2, 0.25) is 0 Å². The molecule has 0 spiro atoms. The first-order valence-corrected chi connectivity index (χ1v) is 8.07. The maximum absolute atomic E-state index is 11.9. The minimum absolute atomic E-state index is 0.220. The average Bonchev–Trinajstić information content (AvgIpc) is 2.66. The standard InChI is InChI=1S/C19H22N2O5/c1-4-25-17-10-9-14(11-18(17)24-3)12-20-26-13-19(22)21-15-7-5-6-8-16(15)23-2/h5-12H,4,13H2,1-3H3,(H,21,22)/b20-12-. The quantitative estimate of drug-likeness (QED) is 0.550. The Morgan fingerprint density at radius 2 is 1.85 bits per heavy atom. The van der Waals surface area contributed by atoms with Gasteiger partial charge >= 0.3 is 0 Å². The molecule has 0 atom stereocenters. The lowest BCUT2D eigenvalue weighted by molar-refractivity contribution is -0.120. The predicted octanol–water partition coefficient (Wildman–Crippen LogP) is 3.09. The molecule has 0 aliphatic heterocycles. The molecule has 0 aliphatic rings. The van der Waals surface area contributed by atoms with Gasteiger partial charge in [0.1, 0.15) is 5.75 Å². The van der Waals surface area contributed by atoms with Crippen molar-refractivity contribution in [2.45, 2.75) is 6.92 Å². The van der Waals surface area contributed by atoms with Gasteiger partial charge in [0.2, 0.25) is 0 Å². The first-order valence-electron chi connectivity index (χ1n) is 8.07. The molecule has 0 bridgehead atoms. The van der Waals surface area contributed by atoms with Crippen molar-refractivity contribution in [2.75, 3.05) is 32.8 Å². The third-order valence-electron chi connectivity index (χ3n) is 3.34. The van der Waals surface area contributed by atoms with Gasteiger partial charge in [-0.2, -0.15) is 0 Å². The van der Waals surface area contributed by atoms with Crippen LogP contribution >= 0.6 is 0 Å². The third kappa shape index (κ3) is 5.41. The molecule has 1 amide bonds. The van der Waals surface area contributed by atoms with Crippen LogP contribution in [0.3, 0.4) is 0 Å². The summed E-state index contributed by atoms with van der Waals surface area (Å²) < 4.78 is 15.9. The lowest BCUT2D eigenvalue weighted by Gasteiger charge is -2.09. The molecule has 7 nitrogen and oxygen atoms in total. The van der Waals surface area contributed by atoms with Gasteiger partial charge in [0.25, 0.3) is 5.91 Å². The molecule has 0 saturated carbocycles. The van der Waals surface area contributed by atoms with Gasteiger partial charge in [-0.3, -0.25) is 4.79 Å². The van der Waals surface area contributed by atoms with Crippen LogP contribution in [0.5, 0.6) is 17.2 Å². The second-order valence-corrected chi connectivity index (χ2v) is 5.10. The first kappa shape index (κ1) is 19.1. The van der Waals surface area contributed by atoms with Gasteiger partial charge in [-0.25, -0.2) is 0 Å². The molecule has 1 N–H and O–H groups in total. The maximum atomic E-state index is 11.9. The summed E-state index contributed by atoms with van der Waals surface area (Å²) in [5.74, 6) is 1.50. The number of amides is 1. The zero-order valence-electron chi connectivity index (χ0n) is 15.0. The lowest BCUT2D eigenvalue weighted by atomic mass is 10.2. The molecule has 2 aromatic carbocycles. The topological polar surface area (TPSA) is 78.4 Å². The molecule has 0 saturated heterocycles. The zero-order valence-corrected chi connectivity index (χ0v) is 15.0. The SMILES string of the molecule is CCOc1ccc(/C=N\OCC(=O)Nc2ccccc2OC)cc1OC. The fourth-order valence-electron chi connectivity index (χ4n) is 2.17. The van der Waals surface area contributed by atoms with Gasteiger partial charge in [0.15, 0.2) is 18.1 Å². The number of oxime groups is 1. The number of benzene rings is 2. The predicted molar refractivity (Wildman–Crippen MR) is 99.3 cm³/mol. The van der Waals surface area contributed by atoms with Crippen molar-refractivity contribution in [2.24, 2.45) is 5.16 Å². The number of carbonyl (C=O) groups excluding carboxylic acids is 1. The van der Waals surface area contributed by atoms with E-state index in [2.05, 4.69) is 10.5 Å². The normalized spacial score (nSPS) is 10.4. The van der Waals surface area contributed by atoms with E-state index in [-0.39, 0.29) is 12.5 Å². The van der Waals surface area contributed by atoms with E-state index in [1.54, 1.807) is 37.4 Å². The van der Waals surface area contributed by atoms with E-state index in [4.69, 9.17) is 19.0 Å². The van der Waals surface area contributed by atoms with Crippen LogP contribution < -0.4 is 19.5 Å². The van der Waals surface area contributed by atoms with E-state index in [0.29, 0.717) is 29.5 Å². The molecule has 2 aromatic rings. The average molecular weight is 358 g/mol. The minimum Gasteiger partial charge on any atom is -0.495 e. The van der Waals surface area contributed by atoms with E-state index < -0.39 is 0 Å². The molecule has 0 unspecified atom stereocenters. The highest BCUT2D eigenvalue weighted by Crippen LogP contribution is 2.27. The van der Waals surface area contributed by atoms with E-state index in [9.17, 15) is 4.79 Å². The van der Waals surface area contributed by atoms with Crippen LogP contribution in [0.25, 0.3) is 0 Å². The molecule has 138 valence electrons. The Bertz CT molecular complexity index is 761. The fourth-order valence-corrected chi connectivity index (χ4v) is 2.17. The number of carbonyl (C=O) groups is 1. The molecule has 0 fully saturated rings. The Balaban J connectivity index is 1.87. The second-order valence-electron chi connectivity index (χ2n) is 5.10. The summed E-state index contributed by atoms with van der Waals surface area (Å²) in [7, 11) is 3.11. The number of ether oxygens (including phenoxy) is 3. The highest BCUT2D eigenvalue weighted by atomic mass is 16.6. The summed E-state index contributed by atoms with van der Waals surface area (Å²) in [6, 6.07) is 12.5. The van der Waals surface area contributed by atoms with Crippen molar-refractivity contribution in [3.05, 3.63) is 48.0 Å². The Kier molecular flexibility index (Phi) is 7.30. The van der Waals surface area contributed by atoms with Crippen LogP contribution in [0.15, 0.2) is 47.6 Å². The van der Waals surface area contributed by atoms with Gasteiger partial charge in [-0.1, -0.05) is 17.3 Å². The van der Waals surface area contributed by atoms with Crippen LogP contribution in [0.4, 0.5) is 5.69 Å². The van der Waals surface area contributed by atoms with Crippen LogP contribution in [0, 0.1) is 0 Å². The monoisotopic (exact) mass is 358 g/mol. The van der Waals surface area contributed by atoms with E-state index >= 15 is 0 Å². The molecule has 0 aromatic heterocycles. The number of rotatable bonds is 9. The minimum atomic E-state index is -0.337. The van der Waals surface area contributed by atoms with Crippen molar-refractivity contribution in [1.29, 1.82) is 0 Å². The number of anilines is 1. The van der Waals surface area contributed by atoms with Crippen molar-refractivity contribution >= 4 is 17.8 Å². The van der Waals surface area contributed by atoms with Gasteiger partial charge in [-0.15, -0.1) is 0 Å². The summed E-state index contributed by atoms with van der Waals surface area (Å²) in [4.78, 5) is 16.9. The van der Waals surface area contributed by atoms with Crippen molar-refractivity contribution in [3.8, 4) is 17.2 Å². The molecule has 0 heterocycles. The van der Waals surface area contributed by atoms with Gasteiger partial charge < -0.3 is 24.4 Å². The summed E-state index contributed by atoms with van der Waals surface area (Å²) >= 11 is 0. The van der Waals surface area contributed by atoms with Crippen molar-refractivity contribution in [1.82, 2.24) is 0 Å². The van der Waals surface area contributed by atoms with Crippen molar-refractivity contribution in [3.63, 3.8) is 0 Å². The summed E-state index contributed by atoms with van der Waals surface area (Å²) in [5.41, 5.74) is 1.33. The summed E-state index contributed by atoms with van der Waals surface area (Å²) in [6.07, 6.45) is 1.49. The Morgan fingerprint density at radius 1 is 1.08 bits per heavy atom. The molecule has 7 heteroatoms. The molecule has 26 heavy (non-hydrogen) atoms. The van der Waals surface area contributed by atoms with Gasteiger partial charge in [-0.05, 0) is 37.3 Å². The number of para-hydroxylation sites is 2. The molecule has 0 radical (unpaired) electrons. The number of methoxy groups -OCH3 is 2. The highest BCUT2D eigenvalue weighted by molar-refractivity contribution is 5.93. The molecular weight excluding hydrogens is 336 g/mol. The Morgan fingerprint density at radius 3 is 2.58 bits per heavy atom. The van der Waals surface area contributed by atoms with Gasteiger partial charge in [0.05, 0.1) is 32.7 Å². The van der Waals surface area contributed by atoms with E-state index in [1.165, 1.54) is 13.3 Å². The van der Waals surface area contributed by atoms with Crippen LogP contribution in [-0.4, -0.2) is 39.6 Å². The lowest BCUT2D eigenvalue weighted by Crippen LogP contribution is -2.17. The smallest absolute Gasteiger partial charge is 0.265 e. The van der Waals surface area contributed by atoms with E-state index in [0.717, 1.165) is 5.56 Å². The number of hydrogen-bond donors (Lipinski definition) is 1. The molecule has 2 rings (SSSR count). The summed E-state index contributed by atoms with van der Waals surface area (Å²) in [6.45, 7) is 2.23. The fraction of sp³-hybridized carbons (Fsp3) is 0.263. The molecular formula is C19H22N2O5. The highest BCUT2D eigenvalue weighted by Gasteiger charge is 2.07. The van der Waals surface area contributed by atoms with E-state index in [1.807, 2.05) is 19.1 Å². The summed E-state index contributed by atoms with van der Waals surface area (Å²) in [5, 5.41) is 6.50. The maximum Gasteiger partial charge on any atom is 0.265 e.